The van der Waals surface area contributed by atoms with Gasteiger partial charge < -0.3 is 69.9 Å². The number of hydrogen-bond donors (Lipinski definition) is 9. The average Bonchev–Trinajstić information content (AvgIpc) is 2.79. The van der Waals surface area contributed by atoms with E-state index in [0.717, 1.165) is 6.92 Å². The van der Waals surface area contributed by atoms with Gasteiger partial charge in [-0.2, -0.15) is 0 Å². The average molecular weight is 485 g/mol. The van der Waals surface area contributed by atoms with Crippen LogP contribution in [0.5, 0.6) is 0 Å². The van der Waals surface area contributed by atoms with E-state index in [1.807, 2.05) is 0 Å². The third kappa shape index (κ3) is 6.62. The van der Waals surface area contributed by atoms with Crippen molar-refractivity contribution in [2.45, 2.75) is 80.5 Å². The smallest absolute Gasteiger partial charge is 0.217 e. The van der Waals surface area contributed by atoms with Crippen molar-refractivity contribution in [3.8, 4) is 0 Å². The molecule has 0 aromatic carbocycles. The van der Waals surface area contributed by atoms with Gasteiger partial charge in [-0.25, -0.2) is 0 Å². The predicted octanol–water partition coefficient (Wildman–Crippen LogP) is -6.31. The Bertz CT molecular complexity index is 639. The molecule has 2 saturated heterocycles. The summed E-state index contributed by atoms with van der Waals surface area (Å²) in [5.41, 5.74) is 0. The molecule has 15 nitrogen and oxygen atoms in total. The van der Waals surface area contributed by atoms with E-state index in [4.69, 9.17) is 24.1 Å². The number of carbonyl (C=O) groups is 2. The standard InChI is InChI=1S/C18H31NO14/c1-6(23)19-11-14(27)12(25)9(4-22)32-17(11)30-5-10-13(26)15(28)16(29)18(33-10)31-8(3-21)7(24)2-20/h3,7-18,20,22,24-29H,2,4-5H2,1H3,(H,19,23)/t7-,8+,9-,10-,11-,12-,13+,14-,15+,16-,17-,18-/m1/s1. The number of amides is 1. The van der Waals surface area contributed by atoms with Crippen molar-refractivity contribution in [1.82, 2.24) is 5.32 Å². The normalized spacial score (nSPS) is 41.2. The van der Waals surface area contributed by atoms with Crippen molar-refractivity contribution >= 4 is 12.2 Å². The number of ether oxygens (including phenoxy) is 4. The maximum Gasteiger partial charge on any atom is 0.217 e. The Balaban J connectivity index is 2.11. The van der Waals surface area contributed by atoms with Gasteiger partial charge in [0.05, 0.1) is 19.8 Å². The molecule has 0 aromatic rings. The van der Waals surface area contributed by atoms with Crippen molar-refractivity contribution in [3.05, 3.63) is 0 Å². The van der Waals surface area contributed by atoms with Gasteiger partial charge in [0.15, 0.2) is 18.9 Å². The van der Waals surface area contributed by atoms with Crippen LogP contribution in [0, 0.1) is 0 Å². The quantitative estimate of drug-likeness (QED) is 0.131. The van der Waals surface area contributed by atoms with E-state index >= 15 is 0 Å². The fourth-order valence-corrected chi connectivity index (χ4v) is 3.44. The maximum absolute atomic E-state index is 11.5. The first-order chi connectivity index (χ1) is 15.5. The van der Waals surface area contributed by atoms with Gasteiger partial charge in [-0.15, -0.1) is 0 Å². The van der Waals surface area contributed by atoms with Gasteiger partial charge in [0, 0.05) is 6.92 Å². The number of hydrogen-bond acceptors (Lipinski definition) is 14. The minimum atomic E-state index is -1.83. The molecule has 2 fully saturated rings. The van der Waals surface area contributed by atoms with Crippen LogP contribution < -0.4 is 5.32 Å². The molecule has 0 saturated carbocycles. The van der Waals surface area contributed by atoms with Gasteiger partial charge in [-0.1, -0.05) is 0 Å². The molecule has 33 heavy (non-hydrogen) atoms. The molecule has 2 aliphatic heterocycles. The van der Waals surface area contributed by atoms with E-state index in [2.05, 4.69) is 5.32 Å². The second-order valence-corrected chi connectivity index (χ2v) is 7.77. The van der Waals surface area contributed by atoms with Crippen LogP contribution >= 0.6 is 0 Å². The fourth-order valence-electron chi connectivity index (χ4n) is 3.44. The van der Waals surface area contributed by atoms with Gasteiger partial charge >= 0.3 is 0 Å². The molecule has 0 radical (unpaired) electrons. The fraction of sp³-hybridized carbons (Fsp3) is 0.889. The van der Waals surface area contributed by atoms with Crippen molar-refractivity contribution < 1.29 is 69.4 Å². The lowest BCUT2D eigenvalue weighted by atomic mass is 9.96. The summed E-state index contributed by atoms with van der Waals surface area (Å²) in [4.78, 5) is 22.6. The number of aldehydes is 1. The molecule has 1 amide bonds. The molecule has 192 valence electrons. The number of aliphatic hydroxyl groups excluding tert-OH is 8. The Labute approximate surface area is 188 Å². The van der Waals surface area contributed by atoms with Gasteiger partial charge in [0.1, 0.15) is 61.0 Å². The first-order valence-electron chi connectivity index (χ1n) is 10.2. The lowest BCUT2D eigenvalue weighted by Crippen LogP contribution is -2.65. The summed E-state index contributed by atoms with van der Waals surface area (Å²) in [6.07, 6.45) is -17.4. The Morgan fingerprint density at radius 1 is 0.970 bits per heavy atom. The molecule has 2 aliphatic rings. The highest BCUT2D eigenvalue weighted by atomic mass is 16.7. The number of rotatable bonds is 10. The minimum Gasteiger partial charge on any atom is -0.394 e. The number of aliphatic hydroxyl groups is 8. The Morgan fingerprint density at radius 2 is 1.58 bits per heavy atom. The summed E-state index contributed by atoms with van der Waals surface area (Å²) < 4.78 is 21.3. The second kappa shape index (κ2) is 12.4. The van der Waals surface area contributed by atoms with Crippen LogP contribution in [0.4, 0.5) is 0 Å². The molecule has 9 N–H and O–H groups in total. The molecule has 0 aliphatic carbocycles. The third-order valence-electron chi connectivity index (χ3n) is 5.34. The van der Waals surface area contributed by atoms with E-state index in [0.29, 0.717) is 0 Å². The van der Waals surface area contributed by atoms with Crippen molar-refractivity contribution in [3.63, 3.8) is 0 Å². The highest BCUT2D eigenvalue weighted by Crippen LogP contribution is 2.26. The summed E-state index contributed by atoms with van der Waals surface area (Å²) in [5, 5.41) is 81.0. The topological polar surface area (TPSA) is 245 Å². The summed E-state index contributed by atoms with van der Waals surface area (Å²) in [7, 11) is 0. The molecule has 12 atom stereocenters. The Morgan fingerprint density at radius 3 is 2.12 bits per heavy atom. The first kappa shape index (κ1) is 27.9. The molecular weight excluding hydrogens is 454 g/mol. The van der Waals surface area contributed by atoms with Crippen LogP contribution in [-0.4, -0.2) is 146 Å². The zero-order valence-electron chi connectivity index (χ0n) is 17.7. The van der Waals surface area contributed by atoms with Gasteiger partial charge in [-0.3, -0.25) is 4.79 Å². The Hall–Kier alpha value is -1.34. The zero-order chi connectivity index (χ0) is 24.9. The summed E-state index contributed by atoms with van der Waals surface area (Å²) in [6, 6.07) is -1.28. The van der Waals surface area contributed by atoms with Crippen LogP contribution in [0.15, 0.2) is 0 Å². The molecular formula is C18H31NO14. The van der Waals surface area contributed by atoms with Crippen LogP contribution in [0.3, 0.4) is 0 Å². The van der Waals surface area contributed by atoms with Crippen molar-refractivity contribution in [2.24, 2.45) is 0 Å². The van der Waals surface area contributed by atoms with E-state index in [1.54, 1.807) is 0 Å². The SMILES string of the molecule is CC(=O)N[C@H]1[C@H](OC[C@H]2O[C@@H](O[C@@H](C=O)[C@H](O)CO)[C@H](O)[C@@H](O)[C@H]2O)O[C@H](CO)[C@@H](O)[C@@H]1O. The van der Waals surface area contributed by atoms with Crippen molar-refractivity contribution in [1.29, 1.82) is 0 Å². The summed E-state index contributed by atoms with van der Waals surface area (Å²) in [5.74, 6) is -0.589. The molecule has 2 heterocycles. The van der Waals surface area contributed by atoms with Crippen LogP contribution in [-0.2, 0) is 28.5 Å². The van der Waals surface area contributed by atoms with E-state index in [9.17, 15) is 45.3 Å². The van der Waals surface area contributed by atoms with Crippen LogP contribution in [0.25, 0.3) is 0 Å². The monoisotopic (exact) mass is 485 g/mol. The van der Waals surface area contributed by atoms with Gasteiger partial charge in [0.2, 0.25) is 5.91 Å². The molecule has 2 rings (SSSR count). The molecule has 0 aromatic heterocycles. The highest BCUT2D eigenvalue weighted by molar-refractivity contribution is 5.73. The summed E-state index contributed by atoms with van der Waals surface area (Å²) >= 11 is 0. The van der Waals surface area contributed by atoms with E-state index in [1.165, 1.54) is 0 Å². The zero-order valence-corrected chi connectivity index (χ0v) is 17.7. The lowest BCUT2D eigenvalue weighted by molar-refractivity contribution is -0.327. The molecule has 0 bridgehead atoms. The highest BCUT2D eigenvalue weighted by Gasteiger charge is 2.48. The van der Waals surface area contributed by atoms with Crippen molar-refractivity contribution in [2.75, 3.05) is 19.8 Å². The van der Waals surface area contributed by atoms with Gasteiger partial charge in [-0.05, 0) is 0 Å². The first-order valence-corrected chi connectivity index (χ1v) is 10.2. The lowest BCUT2D eigenvalue weighted by Gasteiger charge is -2.44. The minimum absolute atomic E-state index is 0.148. The molecule has 0 unspecified atom stereocenters. The number of nitrogens with one attached hydrogen (secondary N) is 1. The maximum atomic E-state index is 11.5. The van der Waals surface area contributed by atoms with Gasteiger partial charge in [0.25, 0.3) is 0 Å². The summed E-state index contributed by atoms with van der Waals surface area (Å²) in [6.45, 7) is -0.949. The predicted molar refractivity (Wildman–Crippen MR) is 102 cm³/mol. The van der Waals surface area contributed by atoms with Crippen LogP contribution in [0.1, 0.15) is 6.92 Å². The third-order valence-corrected chi connectivity index (χ3v) is 5.34. The van der Waals surface area contributed by atoms with E-state index < -0.39 is 99.3 Å². The van der Waals surface area contributed by atoms with E-state index in [-0.39, 0.29) is 6.29 Å². The van der Waals surface area contributed by atoms with Crippen LogP contribution in [0.2, 0.25) is 0 Å². The molecule has 15 heteroatoms. The second-order valence-electron chi connectivity index (χ2n) is 7.77. The number of carbonyl (C=O) groups excluding carboxylic acids is 2. The molecule has 0 spiro atoms. The largest absolute Gasteiger partial charge is 0.394 e. The Kier molecular flexibility index (Phi) is 10.5.